The highest BCUT2D eigenvalue weighted by atomic mass is 16.3. The van der Waals surface area contributed by atoms with Gasteiger partial charge in [-0.3, -0.25) is 14.6 Å². The molecule has 0 spiro atoms. The number of benzene rings is 1. The molecular formula is C16H15N3O3. The van der Waals surface area contributed by atoms with E-state index in [0.29, 0.717) is 16.8 Å². The van der Waals surface area contributed by atoms with Gasteiger partial charge in [-0.05, 0) is 18.2 Å². The van der Waals surface area contributed by atoms with E-state index in [9.17, 15) is 14.7 Å². The number of hydrogen-bond donors (Lipinski definition) is 2. The third kappa shape index (κ3) is 2.33. The Labute approximate surface area is 127 Å². The summed E-state index contributed by atoms with van der Waals surface area (Å²) in [6.07, 6.45) is 1.91. The zero-order valence-electron chi connectivity index (χ0n) is 11.9. The third-order valence-corrected chi connectivity index (χ3v) is 3.76. The van der Waals surface area contributed by atoms with Crippen molar-refractivity contribution in [2.45, 2.75) is 12.1 Å². The van der Waals surface area contributed by atoms with Gasteiger partial charge >= 0.3 is 0 Å². The van der Waals surface area contributed by atoms with Crippen LogP contribution in [0, 0.1) is 0 Å². The number of carbonyl (C=O) groups excluding carboxylic acids is 2. The number of likely N-dealkylation sites (N-methyl/N-ethyl adjacent to an activating group) is 1. The van der Waals surface area contributed by atoms with Gasteiger partial charge in [-0.25, -0.2) is 0 Å². The van der Waals surface area contributed by atoms with E-state index in [1.54, 1.807) is 43.4 Å². The number of hydrogen-bond acceptors (Lipinski definition) is 4. The standard InChI is InChI=1S/C16H15N3O3/c1-19-12-5-3-2-4-11(12)14(20)13(16(19)22)18-15(21)10-6-8-17-9-7-10/h2-9,13-14,20H,1H3,(H,18,21). The number of aliphatic hydroxyl groups excluding tert-OH is 1. The second-order valence-electron chi connectivity index (χ2n) is 5.09. The van der Waals surface area contributed by atoms with Crippen LogP contribution in [-0.4, -0.2) is 35.0 Å². The minimum atomic E-state index is -1.08. The zero-order valence-corrected chi connectivity index (χ0v) is 11.9. The molecule has 2 amide bonds. The van der Waals surface area contributed by atoms with Crippen molar-refractivity contribution in [2.75, 3.05) is 11.9 Å². The number of nitrogens with one attached hydrogen (secondary N) is 1. The second-order valence-corrected chi connectivity index (χ2v) is 5.09. The summed E-state index contributed by atoms with van der Waals surface area (Å²) < 4.78 is 0. The predicted molar refractivity (Wildman–Crippen MR) is 80.3 cm³/mol. The molecule has 1 aromatic heterocycles. The van der Waals surface area contributed by atoms with Crippen LogP contribution in [0.25, 0.3) is 0 Å². The van der Waals surface area contributed by atoms with Gasteiger partial charge in [-0.1, -0.05) is 18.2 Å². The van der Waals surface area contributed by atoms with Crippen molar-refractivity contribution in [3.63, 3.8) is 0 Å². The lowest BCUT2D eigenvalue weighted by Gasteiger charge is -2.35. The maximum Gasteiger partial charge on any atom is 0.252 e. The maximum absolute atomic E-state index is 12.4. The number of anilines is 1. The number of pyridine rings is 1. The summed E-state index contributed by atoms with van der Waals surface area (Å²) in [6.45, 7) is 0. The number of fused-ring (bicyclic) bond motifs is 1. The Morgan fingerprint density at radius 1 is 1.23 bits per heavy atom. The molecule has 2 N–H and O–H groups in total. The molecule has 6 heteroatoms. The number of nitrogens with zero attached hydrogens (tertiary/aromatic N) is 2. The summed E-state index contributed by atoms with van der Waals surface area (Å²) >= 11 is 0. The lowest BCUT2D eigenvalue weighted by atomic mass is 9.94. The lowest BCUT2D eigenvalue weighted by Crippen LogP contribution is -2.53. The molecule has 2 unspecified atom stereocenters. The van der Waals surface area contributed by atoms with Crippen LogP contribution >= 0.6 is 0 Å². The van der Waals surface area contributed by atoms with Crippen molar-refractivity contribution in [3.8, 4) is 0 Å². The van der Waals surface area contributed by atoms with Crippen molar-refractivity contribution >= 4 is 17.5 Å². The van der Waals surface area contributed by atoms with Crippen LogP contribution in [0.1, 0.15) is 22.0 Å². The molecule has 112 valence electrons. The fourth-order valence-corrected chi connectivity index (χ4v) is 2.55. The fourth-order valence-electron chi connectivity index (χ4n) is 2.55. The number of aliphatic hydroxyl groups is 1. The molecule has 0 saturated heterocycles. The van der Waals surface area contributed by atoms with E-state index >= 15 is 0 Å². The first kappa shape index (κ1) is 14.2. The Bertz CT molecular complexity index is 718. The van der Waals surface area contributed by atoms with E-state index in [0.717, 1.165) is 0 Å². The Balaban J connectivity index is 1.89. The summed E-state index contributed by atoms with van der Waals surface area (Å²) in [5, 5.41) is 13.0. The first-order chi connectivity index (χ1) is 10.6. The lowest BCUT2D eigenvalue weighted by molar-refractivity contribution is -0.123. The molecule has 0 aliphatic carbocycles. The van der Waals surface area contributed by atoms with E-state index in [2.05, 4.69) is 10.3 Å². The Morgan fingerprint density at radius 2 is 1.91 bits per heavy atom. The highest BCUT2D eigenvalue weighted by molar-refractivity contribution is 6.04. The number of amides is 2. The van der Waals surface area contributed by atoms with Gasteiger partial charge in [0.15, 0.2) is 0 Å². The highest BCUT2D eigenvalue weighted by Gasteiger charge is 2.38. The Morgan fingerprint density at radius 3 is 2.64 bits per heavy atom. The van der Waals surface area contributed by atoms with Gasteiger partial charge < -0.3 is 15.3 Å². The number of para-hydroxylation sites is 1. The van der Waals surface area contributed by atoms with Crippen molar-refractivity contribution in [1.29, 1.82) is 0 Å². The molecule has 6 nitrogen and oxygen atoms in total. The van der Waals surface area contributed by atoms with Crippen molar-refractivity contribution in [2.24, 2.45) is 0 Å². The Hall–Kier alpha value is -2.73. The first-order valence-electron chi connectivity index (χ1n) is 6.85. The molecule has 0 radical (unpaired) electrons. The quantitative estimate of drug-likeness (QED) is 0.862. The van der Waals surface area contributed by atoms with Crippen LogP contribution in [0.2, 0.25) is 0 Å². The molecule has 3 rings (SSSR count). The maximum atomic E-state index is 12.4. The monoisotopic (exact) mass is 297 g/mol. The Kier molecular flexibility index (Phi) is 3.60. The number of rotatable bonds is 2. The van der Waals surface area contributed by atoms with Gasteiger partial charge in [-0.15, -0.1) is 0 Å². The molecule has 22 heavy (non-hydrogen) atoms. The molecule has 1 aromatic carbocycles. The van der Waals surface area contributed by atoms with Crippen LogP contribution < -0.4 is 10.2 Å². The van der Waals surface area contributed by atoms with Gasteiger partial charge in [0.1, 0.15) is 12.1 Å². The van der Waals surface area contributed by atoms with Crippen LogP contribution in [0.4, 0.5) is 5.69 Å². The van der Waals surface area contributed by atoms with Crippen molar-refractivity contribution in [1.82, 2.24) is 10.3 Å². The SMILES string of the molecule is CN1C(=O)C(NC(=O)c2ccncc2)C(O)c2ccccc21. The topological polar surface area (TPSA) is 82.5 Å². The van der Waals surface area contributed by atoms with Gasteiger partial charge in [0, 0.05) is 36.3 Å². The zero-order chi connectivity index (χ0) is 15.7. The highest BCUT2D eigenvalue weighted by Crippen LogP contribution is 2.33. The predicted octanol–water partition coefficient (Wildman–Crippen LogP) is 0.890. The van der Waals surface area contributed by atoms with Crippen LogP contribution in [0.5, 0.6) is 0 Å². The normalized spacial score (nSPS) is 20.5. The molecular weight excluding hydrogens is 282 g/mol. The van der Waals surface area contributed by atoms with Gasteiger partial charge in [0.2, 0.25) is 0 Å². The van der Waals surface area contributed by atoms with Gasteiger partial charge in [-0.2, -0.15) is 0 Å². The van der Waals surface area contributed by atoms with Crippen LogP contribution in [-0.2, 0) is 4.79 Å². The third-order valence-electron chi connectivity index (χ3n) is 3.76. The summed E-state index contributed by atoms with van der Waals surface area (Å²) in [5.41, 5.74) is 1.65. The number of aromatic nitrogens is 1. The van der Waals surface area contributed by atoms with E-state index in [4.69, 9.17) is 0 Å². The molecule has 0 bridgehead atoms. The van der Waals surface area contributed by atoms with Gasteiger partial charge in [0.25, 0.3) is 11.8 Å². The molecule has 2 atom stereocenters. The molecule has 2 aromatic rings. The minimum Gasteiger partial charge on any atom is -0.386 e. The van der Waals surface area contributed by atoms with E-state index in [1.807, 2.05) is 0 Å². The van der Waals surface area contributed by atoms with Crippen LogP contribution in [0.3, 0.4) is 0 Å². The number of carbonyl (C=O) groups is 2. The molecule has 2 heterocycles. The fraction of sp³-hybridized carbons (Fsp3) is 0.188. The summed E-state index contributed by atoms with van der Waals surface area (Å²) in [5.74, 6) is -0.777. The smallest absolute Gasteiger partial charge is 0.252 e. The molecule has 1 aliphatic heterocycles. The van der Waals surface area contributed by atoms with Crippen LogP contribution in [0.15, 0.2) is 48.8 Å². The minimum absolute atomic E-state index is 0.353. The average molecular weight is 297 g/mol. The van der Waals surface area contributed by atoms with Crippen molar-refractivity contribution < 1.29 is 14.7 Å². The first-order valence-corrected chi connectivity index (χ1v) is 6.85. The molecule has 0 saturated carbocycles. The van der Waals surface area contributed by atoms with E-state index < -0.39 is 18.1 Å². The van der Waals surface area contributed by atoms with E-state index in [1.165, 1.54) is 17.3 Å². The molecule has 1 aliphatic rings. The van der Waals surface area contributed by atoms with E-state index in [-0.39, 0.29) is 5.91 Å². The molecule has 0 fully saturated rings. The largest absolute Gasteiger partial charge is 0.386 e. The van der Waals surface area contributed by atoms with Crippen molar-refractivity contribution in [3.05, 3.63) is 59.9 Å². The van der Waals surface area contributed by atoms with Gasteiger partial charge in [0.05, 0.1) is 0 Å². The summed E-state index contributed by atoms with van der Waals surface area (Å²) in [6, 6.07) is 9.17. The average Bonchev–Trinajstić information content (AvgIpc) is 2.57. The summed E-state index contributed by atoms with van der Waals surface area (Å²) in [4.78, 5) is 29.9. The summed E-state index contributed by atoms with van der Waals surface area (Å²) in [7, 11) is 1.62. The second kappa shape index (κ2) is 5.57.